The fourth-order valence-electron chi connectivity index (χ4n) is 0. The monoisotopic (exact) mass is 258 g/mol. The Hall–Kier alpha value is 1.74. The third kappa shape index (κ3) is 3.74. The van der Waals surface area contributed by atoms with Crippen LogP contribution < -0.4 is 0 Å². The fraction of sp³-hybridized carbons (Fsp3) is 1.00. The summed E-state index contributed by atoms with van der Waals surface area (Å²) in [6, 6.07) is 0. The second kappa shape index (κ2) is 4.74. The van der Waals surface area contributed by atoms with Crippen molar-refractivity contribution in [3.05, 3.63) is 0 Å². The van der Waals surface area contributed by atoms with E-state index >= 15 is 0 Å². The summed E-state index contributed by atoms with van der Waals surface area (Å²) in [5, 5.41) is 0. The molecule has 0 saturated carbocycles. The van der Waals surface area contributed by atoms with Crippen LogP contribution in [-0.4, -0.2) is 48.7 Å². The Morgan fingerprint density at radius 3 is 1.25 bits per heavy atom. The van der Waals surface area contributed by atoms with Crippen molar-refractivity contribution >= 4 is 48.7 Å². The van der Waals surface area contributed by atoms with Gasteiger partial charge < -0.3 is 0 Å². The van der Waals surface area contributed by atoms with Crippen LogP contribution in [0.3, 0.4) is 0 Å². The molecule has 4 radical (unpaired) electrons. The SMILES string of the molecule is [In][CH2][CH2][In]. The summed E-state index contributed by atoms with van der Waals surface area (Å²) < 4.78 is 3.01. The van der Waals surface area contributed by atoms with E-state index in [-0.39, 0.29) is 0 Å². The van der Waals surface area contributed by atoms with Crippen molar-refractivity contribution in [2.24, 2.45) is 0 Å². The van der Waals surface area contributed by atoms with Crippen molar-refractivity contribution < 1.29 is 0 Å². The molecule has 18 valence electrons. The van der Waals surface area contributed by atoms with Gasteiger partial charge in [-0.1, -0.05) is 0 Å². The summed E-state index contributed by atoms with van der Waals surface area (Å²) in [6.45, 7) is 0. The van der Waals surface area contributed by atoms with E-state index in [0.29, 0.717) is 0 Å². The van der Waals surface area contributed by atoms with E-state index in [9.17, 15) is 0 Å². The quantitative estimate of drug-likeness (QED) is 0.628. The maximum atomic E-state index is 1.51. The van der Waals surface area contributed by atoms with Crippen molar-refractivity contribution in [2.75, 3.05) is 0 Å². The minimum atomic E-state index is 1.47. The Balaban J connectivity index is 1.97. The normalized spacial score (nSPS) is 7.00. The van der Waals surface area contributed by atoms with E-state index in [1.165, 1.54) is 57.1 Å². The van der Waals surface area contributed by atoms with Crippen LogP contribution in [-0.2, 0) is 0 Å². The van der Waals surface area contributed by atoms with Crippen LogP contribution in [0.15, 0.2) is 0 Å². The van der Waals surface area contributed by atoms with Crippen LogP contribution >= 0.6 is 0 Å². The first-order valence-corrected chi connectivity index (χ1v) is 5.98. The van der Waals surface area contributed by atoms with Crippen molar-refractivity contribution in [1.29, 1.82) is 0 Å². The zero-order valence-electron chi connectivity index (χ0n) is 2.57. The summed E-state index contributed by atoms with van der Waals surface area (Å²) in [7, 11) is 0. The van der Waals surface area contributed by atoms with Gasteiger partial charge in [-0.2, -0.15) is 0 Å². The number of hydrogen-bond donors (Lipinski definition) is 0. The molecule has 0 unspecified atom stereocenters. The number of rotatable bonds is 1. The van der Waals surface area contributed by atoms with Crippen molar-refractivity contribution in [3.8, 4) is 0 Å². The zero-order valence-corrected chi connectivity index (χ0v) is 9.16. The van der Waals surface area contributed by atoms with Gasteiger partial charge >= 0.3 is 57.1 Å². The van der Waals surface area contributed by atoms with Crippen LogP contribution in [0.5, 0.6) is 0 Å². The maximum absolute atomic E-state index is 1.51. The molecule has 0 aromatic rings. The molecule has 0 atom stereocenters. The Labute approximate surface area is 56.5 Å². The third-order valence-corrected chi connectivity index (χ3v) is 7.50. The molecule has 0 aliphatic rings. The molecule has 0 heterocycles. The van der Waals surface area contributed by atoms with Crippen LogP contribution in [0.2, 0.25) is 8.35 Å². The Morgan fingerprint density at radius 1 is 1.00 bits per heavy atom. The van der Waals surface area contributed by atoms with E-state index in [1.54, 1.807) is 0 Å². The summed E-state index contributed by atoms with van der Waals surface area (Å²) in [6.07, 6.45) is 0. The van der Waals surface area contributed by atoms with Gasteiger partial charge in [0.05, 0.1) is 0 Å². The molecule has 0 bridgehead atoms. The standard InChI is InChI=1S/C2H4.2In/c1-2;;/h1-2H2;;. The van der Waals surface area contributed by atoms with Crippen molar-refractivity contribution in [3.63, 3.8) is 0 Å². The molecular weight excluding hydrogens is 254 g/mol. The van der Waals surface area contributed by atoms with Crippen LogP contribution in [0, 0.1) is 0 Å². The van der Waals surface area contributed by atoms with E-state index in [1.807, 2.05) is 0 Å². The van der Waals surface area contributed by atoms with Gasteiger partial charge in [-0.3, -0.25) is 0 Å². The van der Waals surface area contributed by atoms with Crippen LogP contribution in [0.1, 0.15) is 0 Å². The first kappa shape index (κ1) is 5.74. The molecule has 0 N–H and O–H groups in total. The molecule has 0 nitrogen and oxygen atoms in total. The third-order valence-electron chi connectivity index (χ3n) is 0.167. The van der Waals surface area contributed by atoms with Crippen molar-refractivity contribution in [1.82, 2.24) is 0 Å². The van der Waals surface area contributed by atoms with Gasteiger partial charge in [0, 0.05) is 0 Å². The molecule has 0 saturated heterocycles. The first-order chi connectivity index (χ1) is 1.91. The zero-order chi connectivity index (χ0) is 3.41. The molecule has 0 amide bonds. The average Bonchev–Trinajstić information content (AvgIpc) is 1.37. The fourth-order valence-corrected chi connectivity index (χ4v) is 0. The molecular formula is C2H4In2. The molecule has 0 aromatic heterocycles. The molecule has 4 heavy (non-hydrogen) atoms. The predicted molar refractivity (Wildman–Crippen MR) is 21.1 cm³/mol. The Bertz CT molecular complexity index is 6.00. The molecule has 0 aromatic carbocycles. The van der Waals surface area contributed by atoms with Gasteiger partial charge in [-0.15, -0.1) is 0 Å². The van der Waals surface area contributed by atoms with E-state index in [4.69, 9.17) is 0 Å². The second-order valence-electron chi connectivity index (χ2n) is 0.577. The molecule has 0 rings (SSSR count). The predicted octanol–water partition coefficient (Wildman–Crippen LogP) is 0.160. The van der Waals surface area contributed by atoms with Gasteiger partial charge in [0.2, 0.25) is 0 Å². The van der Waals surface area contributed by atoms with Crippen LogP contribution in [0.4, 0.5) is 0 Å². The summed E-state index contributed by atoms with van der Waals surface area (Å²) in [5.74, 6) is 0. The number of hydrogen-bond acceptors (Lipinski definition) is 0. The summed E-state index contributed by atoms with van der Waals surface area (Å²) in [4.78, 5) is 0. The topological polar surface area (TPSA) is 0 Å². The summed E-state index contributed by atoms with van der Waals surface area (Å²) >= 11 is 2.95. The Morgan fingerprint density at radius 2 is 1.25 bits per heavy atom. The first-order valence-electron chi connectivity index (χ1n) is 1.32. The Kier molecular flexibility index (Phi) is 6.80. The van der Waals surface area contributed by atoms with E-state index in [0.717, 1.165) is 0 Å². The van der Waals surface area contributed by atoms with E-state index < -0.39 is 0 Å². The van der Waals surface area contributed by atoms with Gasteiger partial charge in [-0.25, -0.2) is 0 Å². The van der Waals surface area contributed by atoms with Gasteiger partial charge in [0.1, 0.15) is 0 Å². The molecule has 0 aliphatic heterocycles. The van der Waals surface area contributed by atoms with Gasteiger partial charge in [0.25, 0.3) is 0 Å². The van der Waals surface area contributed by atoms with Gasteiger partial charge in [-0.05, 0) is 0 Å². The van der Waals surface area contributed by atoms with Gasteiger partial charge in [0.15, 0.2) is 0 Å². The van der Waals surface area contributed by atoms with Crippen molar-refractivity contribution in [2.45, 2.75) is 8.35 Å². The second-order valence-corrected chi connectivity index (χ2v) is 3.87. The van der Waals surface area contributed by atoms with E-state index in [2.05, 4.69) is 0 Å². The molecule has 0 spiro atoms. The average molecular weight is 258 g/mol. The van der Waals surface area contributed by atoms with Crippen LogP contribution in [0.25, 0.3) is 0 Å². The molecule has 2 heteroatoms. The molecule has 0 fully saturated rings. The summed E-state index contributed by atoms with van der Waals surface area (Å²) in [5.41, 5.74) is 0. The molecule has 0 aliphatic carbocycles. The minimum absolute atomic E-state index is 1.47.